The number of nitrogens with zero attached hydrogens (tertiary/aromatic N) is 2. The van der Waals surface area contributed by atoms with Crippen molar-refractivity contribution < 1.29 is 18.7 Å². The quantitative estimate of drug-likeness (QED) is 0.654. The van der Waals surface area contributed by atoms with Crippen LogP contribution in [-0.4, -0.2) is 54.9 Å². The smallest absolute Gasteiger partial charge is 0.264 e. The highest BCUT2D eigenvalue weighted by atomic mass is 32.1. The highest BCUT2D eigenvalue weighted by Crippen LogP contribution is 2.29. The van der Waals surface area contributed by atoms with Gasteiger partial charge in [-0.3, -0.25) is 9.59 Å². The molecule has 2 heterocycles. The average Bonchev–Trinajstić information content (AvgIpc) is 3.19. The van der Waals surface area contributed by atoms with Crippen molar-refractivity contribution in [3.63, 3.8) is 0 Å². The number of aryl methyl sites for hydroxylation is 1. The molecule has 2 amide bonds. The lowest BCUT2D eigenvalue weighted by molar-refractivity contribution is 0.0538. The first-order valence-corrected chi connectivity index (χ1v) is 10.2. The Morgan fingerprint density at radius 1 is 1.00 bits per heavy atom. The second kappa shape index (κ2) is 7.83. The summed E-state index contributed by atoms with van der Waals surface area (Å²) in [6.45, 7) is 3.74. The van der Waals surface area contributed by atoms with Gasteiger partial charge in [0.2, 0.25) is 0 Å². The lowest BCUT2D eigenvalue weighted by Gasteiger charge is -2.34. The Labute approximate surface area is 172 Å². The van der Waals surface area contributed by atoms with Crippen molar-refractivity contribution in [1.82, 2.24) is 9.80 Å². The van der Waals surface area contributed by atoms with Crippen molar-refractivity contribution in [2.75, 3.05) is 33.3 Å². The Balaban J connectivity index is 1.44. The fraction of sp³-hybridized carbons (Fsp3) is 0.273. The molecule has 3 aromatic rings. The van der Waals surface area contributed by atoms with Gasteiger partial charge in [-0.2, -0.15) is 0 Å². The zero-order valence-electron chi connectivity index (χ0n) is 16.3. The van der Waals surface area contributed by atoms with E-state index in [0.29, 0.717) is 47.8 Å². The number of fused-ring (bicyclic) bond motifs is 1. The fourth-order valence-electron chi connectivity index (χ4n) is 3.53. The zero-order chi connectivity index (χ0) is 20.5. The molecule has 0 unspecified atom stereocenters. The van der Waals surface area contributed by atoms with Gasteiger partial charge in [-0.05, 0) is 42.8 Å². The van der Waals surface area contributed by atoms with Gasteiger partial charge in [0.05, 0.1) is 12.0 Å². The van der Waals surface area contributed by atoms with Crippen LogP contribution in [-0.2, 0) is 0 Å². The number of amides is 2. The molecule has 0 atom stereocenters. The average molecular weight is 412 g/mol. The van der Waals surface area contributed by atoms with Crippen LogP contribution in [0.4, 0.5) is 4.39 Å². The molecule has 7 heteroatoms. The lowest BCUT2D eigenvalue weighted by atomic mass is 10.1. The van der Waals surface area contributed by atoms with Crippen molar-refractivity contribution in [3.05, 3.63) is 64.3 Å². The van der Waals surface area contributed by atoms with Crippen LogP contribution in [0, 0.1) is 12.7 Å². The van der Waals surface area contributed by atoms with Gasteiger partial charge in [0.25, 0.3) is 11.8 Å². The summed E-state index contributed by atoms with van der Waals surface area (Å²) in [6, 6.07) is 11.9. The van der Waals surface area contributed by atoms with Gasteiger partial charge in [0, 0.05) is 41.8 Å². The van der Waals surface area contributed by atoms with Crippen molar-refractivity contribution in [2.45, 2.75) is 6.92 Å². The van der Waals surface area contributed by atoms with E-state index in [4.69, 9.17) is 4.74 Å². The molecule has 5 nitrogen and oxygen atoms in total. The number of rotatable bonds is 3. The number of thiophene rings is 1. The lowest BCUT2D eigenvalue weighted by Crippen LogP contribution is -2.50. The molecule has 0 bridgehead atoms. The third kappa shape index (κ3) is 3.70. The second-order valence-electron chi connectivity index (χ2n) is 7.03. The highest BCUT2D eigenvalue weighted by Gasteiger charge is 2.27. The van der Waals surface area contributed by atoms with Crippen molar-refractivity contribution in [2.24, 2.45) is 0 Å². The van der Waals surface area contributed by atoms with Gasteiger partial charge < -0.3 is 14.5 Å². The van der Waals surface area contributed by atoms with Crippen molar-refractivity contribution >= 4 is 33.2 Å². The van der Waals surface area contributed by atoms with E-state index in [-0.39, 0.29) is 17.6 Å². The summed E-state index contributed by atoms with van der Waals surface area (Å²) in [5, 5.41) is 0.475. The second-order valence-corrected chi connectivity index (χ2v) is 8.11. The van der Waals surface area contributed by atoms with Gasteiger partial charge in [-0.1, -0.05) is 12.1 Å². The Bertz CT molecular complexity index is 1090. The maximum absolute atomic E-state index is 13.9. The number of hydrogen-bond acceptors (Lipinski definition) is 4. The number of ether oxygens (including phenoxy) is 1. The molecule has 29 heavy (non-hydrogen) atoms. The molecule has 0 spiro atoms. The molecule has 1 aliphatic heterocycles. The predicted molar refractivity (Wildman–Crippen MR) is 111 cm³/mol. The minimum atomic E-state index is -0.318. The Hall–Kier alpha value is -2.93. The minimum absolute atomic E-state index is 0.0701. The zero-order valence-corrected chi connectivity index (χ0v) is 17.1. The third-order valence-corrected chi connectivity index (χ3v) is 6.32. The summed E-state index contributed by atoms with van der Waals surface area (Å²) < 4.78 is 20.0. The first-order valence-electron chi connectivity index (χ1n) is 9.39. The van der Waals surface area contributed by atoms with Crippen molar-refractivity contribution in [3.8, 4) is 5.75 Å². The van der Waals surface area contributed by atoms with E-state index < -0.39 is 0 Å². The van der Waals surface area contributed by atoms with E-state index in [1.165, 1.54) is 17.4 Å². The van der Waals surface area contributed by atoms with Crippen LogP contribution in [0.5, 0.6) is 5.75 Å². The van der Waals surface area contributed by atoms with Crippen LogP contribution in [0.15, 0.2) is 42.5 Å². The summed E-state index contributed by atoms with van der Waals surface area (Å²) in [5.41, 5.74) is 1.55. The normalized spacial score (nSPS) is 14.3. The molecular formula is C22H21FN2O3S. The molecule has 1 saturated heterocycles. The number of hydrogen-bond donors (Lipinski definition) is 0. The molecule has 1 aromatic heterocycles. The standard InChI is InChI=1S/C22H21FN2O3S/c1-14-6-7-15(12-18(14)28-2)21(26)24-8-10-25(11-9-24)22(27)20-13-16-17(23)4-3-5-19(16)29-20/h3-7,12-13H,8-11H2,1-2H3. The van der Waals surface area contributed by atoms with E-state index in [2.05, 4.69) is 0 Å². The van der Waals surface area contributed by atoms with Gasteiger partial charge in [0.1, 0.15) is 11.6 Å². The monoisotopic (exact) mass is 412 g/mol. The molecule has 0 N–H and O–H groups in total. The molecule has 150 valence electrons. The largest absolute Gasteiger partial charge is 0.496 e. The van der Waals surface area contributed by atoms with E-state index in [9.17, 15) is 14.0 Å². The van der Waals surface area contributed by atoms with Crippen LogP contribution >= 0.6 is 11.3 Å². The maximum atomic E-state index is 13.9. The van der Waals surface area contributed by atoms with Crippen LogP contribution < -0.4 is 4.74 Å². The summed E-state index contributed by atoms with van der Waals surface area (Å²) in [6.07, 6.45) is 0. The van der Waals surface area contributed by atoms with Crippen LogP contribution in [0.1, 0.15) is 25.6 Å². The molecule has 0 radical (unpaired) electrons. The Morgan fingerprint density at radius 3 is 2.34 bits per heavy atom. The van der Waals surface area contributed by atoms with E-state index >= 15 is 0 Å². The van der Waals surface area contributed by atoms with E-state index in [1.807, 2.05) is 19.1 Å². The number of carbonyl (C=O) groups excluding carboxylic acids is 2. The Morgan fingerprint density at radius 2 is 1.69 bits per heavy atom. The molecule has 0 saturated carbocycles. The van der Waals surface area contributed by atoms with Crippen molar-refractivity contribution in [1.29, 1.82) is 0 Å². The van der Waals surface area contributed by atoms with Gasteiger partial charge in [-0.15, -0.1) is 11.3 Å². The predicted octanol–water partition coefficient (Wildman–Crippen LogP) is 3.96. The molecule has 2 aromatic carbocycles. The molecular weight excluding hydrogens is 391 g/mol. The summed E-state index contributed by atoms with van der Waals surface area (Å²) >= 11 is 1.30. The van der Waals surface area contributed by atoms with Gasteiger partial charge in [-0.25, -0.2) is 4.39 Å². The number of carbonyl (C=O) groups is 2. The summed E-state index contributed by atoms with van der Waals surface area (Å²) in [4.78, 5) is 29.6. The van der Waals surface area contributed by atoms with E-state index in [0.717, 1.165) is 10.3 Å². The molecule has 4 rings (SSSR count). The van der Waals surface area contributed by atoms with Crippen LogP contribution in [0.2, 0.25) is 0 Å². The molecule has 0 aliphatic carbocycles. The van der Waals surface area contributed by atoms with Crippen LogP contribution in [0.3, 0.4) is 0 Å². The fourth-order valence-corrected chi connectivity index (χ4v) is 4.58. The van der Waals surface area contributed by atoms with Crippen LogP contribution in [0.25, 0.3) is 10.1 Å². The SMILES string of the molecule is COc1cc(C(=O)N2CCN(C(=O)c3cc4c(F)cccc4s3)CC2)ccc1C. The number of benzene rings is 2. The van der Waals surface area contributed by atoms with Gasteiger partial charge in [0.15, 0.2) is 0 Å². The number of methoxy groups -OCH3 is 1. The number of halogens is 1. The third-order valence-electron chi connectivity index (χ3n) is 5.23. The minimum Gasteiger partial charge on any atom is -0.496 e. The van der Waals surface area contributed by atoms with E-state index in [1.54, 1.807) is 41.2 Å². The molecule has 1 fully saturated rings. The first-order chi connectivity index (χ1) is 14.0. The summed E-state index contributed by atoms with van der Waals surface area (Å²) in [7, 11) is 1.58. The topological polar surface area (TPSA) is 49.9 Å². The highest BCUT2D eigenvalue weighted by molar-refractivity contribution is 7.20. The molecule has 1 aliphatic rings. The summed E-state index contributed by atoms with van der Waals surface area (Å²) in [5.74, 6) is 0.178. The number of piperazine rings is 1. The Kier molecular flexibility index (Phi) is 5.24. The van der Waals surface area contributed by atoms with Gasteiger partial charge >= 0.3 is 0 Å². The first kappa shape index (κ1) is 19.4. The maximum Gasteiger partial charge on any atom is 0.264 e.